The average Bonchev–Trinajstić information content (AvgIpc) is 2.48. The number of amides is 1. The van der Waals surface area contributed by atoms with Crippen LogP contribution in [-0.4, -0.2) is 39.3 Å². The maximum absolute atomic E-state index is 12.1. The van der Waals surface area contributed by atoms with Crippen molar-refractivity contribution >= 4 is 17.5 Å². The highest BCUT2D eigenvalue weighted by Gasteiger charge is 2.15. The first kappa shape index (κ1) is 17.6. The van der Waals surface area contributed by atoms with Gasteiger partial charge < -0.3 is 20.1 Å². The molecule has 0 aromatic heterocycles. The molecular weight excluding hydrogens is 292 g/mol. The van der Waals surface area contributed by atoms with E-state index in [1.165, 1.54) is 7.11 Å². The molecule has 2 N–H and O–H groups in total. The van der Waals surface area contributed by atoms with Gasteiger partial charge in [-0.25, -0.2) is 0 Å². The zero-order chi connectivity index (χ0) is 15.7. The highest BCUT2D eigenvalue weighted by molar-refractivity contribution is 6.32. The smallest absolute Gasteiger partial charge is 0.251 e. The Hall–Kier alpha value is -1.46. The van der Waals surface area contributed by atoms with Crippen molar-refractivity contribution in [2.75, 3.05) is 33.4 Å². The van der Waals surface area contributed by atoms with Gasteiger partial charge in [0.1, 0.15) is 0 Å². The van der Waals surface area contributed by atoms with E-state index in [4.69, 9.17) is 21.1 Å². The number of rotatable bonds is 9. The third-order valence-corrected chi connectivity index (χ3v) is 3.08. The molecule has 21 heavy (non-hydrogen) atoms. The molecule has 0 fully saturated rings. The summed E-state index contributed by atoms with van der Waals surface area (Å²) in [6.07, 6.45) is 1.07. The lowest BCUT2D eigenvalue weighted by atomic mass is 10.2. The summed E-state index contributed by atoms with van der Waals surface area (Å²) in [6.45, 7) is 6.68. The van der Waals surface area contributed by atoms with E-state index in [2.05, 4.69) is 17.6 Å². The Bertz CT molecular complexity index is 466. The Morgan fingerprint density at radius 3 is 2.62 bits per heavy atom. The molecule has 0 aliphatic carbocycles. The summed E-state index contributed by atoms with van der Waals surface area (Å²) >= 11 is 6.14. The van der Waals surface area contributed by atoms with Crippen molar-refractivity contribution in [3.63, 3.8) is 0 Å². The van der Waals surface area contributed by atoms with E-state index in [1.54, 1.807) is 12.1 Å². The third-order valence-electron chi connectivity index (χ3n) is 2.79. The molecule has 0 radical (unpaired) electrons. The Labute approximate surface area is 131 Å². The molecule has 1 aromatic rings. The van der Waals surface area contributed by atoms with E-state index in [0.717, 1.165) is 19.5 Å². The first-order chi connectivity index (χ1) is 10.1. The van der Waals surface area contributed by atoms with Crippen LogP contribution in [0.1, 0.15) is 30.6 Å². The summed E-state index contributed by atoms with van der Waals surface area (Å²) in [5.41, 5.74) is 0.454. The molecule has 0 aliphatic heterocycles. The molecule has 1 amide bonds. The van der Waals surface area contributed by atoms with Gasteiger partial charge in [0.15, 0.2) is 11.5 Å². The molecule has 0 unspecified atom stereocenters. The molecule has 5 nitrogen and oxygen atoms in total. The lowest BCUT2D eigenvalue weighted by Gasteiger charge is -2.13. The maximum Gasteiger partial charge on any atom is 0.251 e. The molecule has 1 aromatic carbocycles. The van der Waals surface area contributed by atoms with E-state index in [9.17, 15) is 4.79 Å². The molecule has 118 valence electrons. The second-order valence-corrected chi connectivity index (χ2v) is 4.84. The number of hydrogen-bond donors (Lipinski definition) is 2. The van der Waals surface area contributed by atoms with Crippen LogP contribution >= 0.6 is 11.6 Å². The van der Waals surface area contributed by atoms with Crippen molar-refractivity contribution in [1.29, 1.82) is 0 Å². The minimum Gasteiger partial charge on any atom is -0.493 e. The van der Waals surface area contributed by atoms with Gasteiger partial charge in [0.2, 0.25) is 0 Å². The zero-order valence-corrected chi connectivity index (χ0v) is 13.5. The predicted molar refractivity (Wildman–Crippen MR) is 84.7 cm³/mol. The van der Waals surface area contributed by atoms with Crippen LogP contribution in [0.2, 0.25) is 5.02 Å². The second-order valence-electron chi connectivity index (χ2n) is 4.43. The summed E-state index contributed by atoms with van der Waals surface area (Å²) < 4.78 is 10.6. The predicted octanol–water partition coefficient (Wildman–Crippen LogP) is 2.48. The van der Waals surface area contributed by atoms with Gasteiger partial charge in [-0.15, -0.1) is 0 Å². The van der Waals surface area contributed by atoms with Gasteiger partial charge in [0, 0.05) is 18.7 Å². The minimum absolute atomic E-state index is 0.184. The van der Waals surface area contributed by atoms with Crippen LogP contribution in [0.15, 0.2) is 12.1 Å². The number of hydrogen-bond acceptors (Lipinski definition) is 4. The molecule has 0 heterocycles. The molecule has 0 saturated heterocycles. The van der Waals surface area contributed by atoms with Crippen molar-refractivity contribution in [3.05, 3.63) is 22.7 Å². The number of ether oxygens (including phenoxy) is 2. The fourth-order valence-corrected chi connectivity index (χ4v) is 2.07. The standard InChI is InChI=1S/C15H23ClN2O3/c1-4-6-17-7-8-18-15(19)11-9-12(16)14(21-5-2)13(10-11)20-3/h9-10,17H,4-8H2,1-3H3,(H,18,19). The molecule has 6 heteroatoms. The average molecular weight is 315 g/mol. The largest absolute Gasteiger partial charge is 0.493 e. The van der Waals surface area contributed by atoms with Gasteiger partial charge in [-0.1, -0.05) is 18.5 Å². The fraction of sp³-hybridized carbons (Fsp3) is 0.533. The van der Waals surface area contributed by atoms with Gasteiger partial charge in [0.05, 0.1) is 18.7 Å². The van der Waals surface area contributed by atoms with Crippen LogP contribution in [-0.2, 0) is 0 Å². The molecule has 1 rings (SSSR count). The normalized spacial score (nSPS) is 10.3. The molecule has 0 atom stereocenters. The molecule has 0 spiro atoms. The highest BCUT2D eigenvalue weighted by Crippen LogP contribution is 2.36. The van der Waals surface area contributed by atoms with E-state index in [1.807, 2.05) is 6.92 Å². The molecule has 0 bridgehead atoms. The first-order valence-corrected chi connectivity index (χ1v) is 7.51. The number of halogens is 1. The van der Waals surface area contributed by atoms with Crippen LogP contribution in [0.5, 0.6) is 11.5 Å². The molecule has 0 saturated carbocycles. The number of methoxy groups -OCH3 is 1. The van der Waals surface area contributed by atoms with E-state index in [0.29, 0.717) is 35.2 Å². The van der Waals surface area contributed by atoms with Crippen LogP contribution in [0.3, 0.4) is 0 Å². The topological polar surface area (TPSA) is 59.6 Å². The van der Waals surface area contributed by atoms with Crippen molar-refractivity contribution in [1.82, 2.24) is 10.6 Å². The third kappa shape index (κ3) is 5.44. The lowest BCUT2D eigenvalue weighted by Crippen LogP contribution is -2.32. The van der Waals surface area contributed by atoms with Crippen LogP contribution in [0.4, 0.5) is 0 Å². The Balaban J connectivity index is 2.70. The first-order valence-electron chi connectivity index (χ1n) is 7.13. The summed E-state index contributed by atoms with van der Waals surface area (Å²) in [4.78, 5) is 12.1. The van der Waals surface area contributed by atoms with Crippen molar-refractivity contribution in [2.45, 2.75) is 20.3 Å². The fourth-order valence-electron chi connectivity index (χ4n) is 1.80. The number of carbonyl (C=O) groups is 1. The summed E-state index contributed by atoms with van der Waals surface area (Å²) in [6, 6.07) is 3.22. The second kappa shape index (κ2) is 9.47. The number of carbonyl (C=O) groups excluding carboxylic acids is 1. The summed E-state index contributed by atoms with van der Waals surface area (Å²) in [5, 5.41) is 6.41. The van der Waals surface area contributed by atoms with Gasteiger partial charge in [-0.3, -0.25) is 4.79 Å². The van der Waals surface area contributed by atoms with Crippen LogP contribution in [0, 0.1) is 0 Å². The number of benzene rings is 1. The van der Waals surface area contributed by atoms with Gasteiger partial charge in [0.25, 0.3) is 5.91 Å². The van der Waals surface area contributed by atoms with E-state index < -0.39 is 0 Å². The highest BCUT2D eigenvalue weighted by atomic mass is 35.5. The van der Waals surface area contributed by atoms with Gasteiger partial charge in [-0.05, 0) is 32.0 Å². The lowest BCUT2D eigenvalue weighted by molar-refractivity contribution is 0.0953. The molecular formula is C15H23ClN2O3. The molecule has 0 aliphatic rings. The Morgan fingerprint density at radius 1 is 1.24 bits per heavy atom. The van der Waals surface area contributed by atoms with Gasteiger partial charge >= 0.3 is 0 Å². The summed E-state index contributed by atoms with van der Waals surface area (Å²) in [5.74, 6) is 0.734. The Kier molecular flexibility index (Phi) is 7.93. The van der Waals surface area contributed by atoms with Crippen LogP contribution in [0.25, 0.3) is 0 Å². The van der Waals surface area contributed by atoms with Crippen molar-refractivity contribution in [2.24, 2.45) is 0 Å². The van der Waals surface area contributed by atoms with Gasteiger partial charge in [-0.2, -0.15) is 0 Å². The summed E-state index contributed by atoms with van der Waals surface area (Å²) in [7, 11) is 1.52. The Morgan fingerprint density at radius 2 is 2.00 bits per heavy atom. The van der Waals surface area contributed by atoms with Crippen molar-refractivity contribution in [3.8, 4) is 11.5 Å². The SMILES string of the molecule is CCCNCCNC(=O)c1cc(Cl)c(OCC)c(OC)c1. The maximum atomic E-state index is 12.1. The minimum atomic E-state index is -0.184. The van der Waals surface area contributed by atoms with E-state index >= 15 is 0 Å². The zero-order valence-electron chi connectivity index (χ0n) is 12.8. The quantitative estimate of drug-likeness (QED) is 0.688. The van der Waals surface area contributed by atoms with Crippen LogP contribution < -0.4 is 20.1 Å². The van der Waals surface area contributed by atoms with E-state index in [-0.39, 0.29) is 5.91 Å². The monoisotopic (exact) mass is 314 g/mol. The number of nitrogens with one attached hydrogen (secondary N) is 2. The van der Waals surface area contributed by atoms with Crippen molar-refractivity contribution < 1.29 is 14.3 Å².